The zero-order valence-electron chi connectivity index (χ0n) is 11.0. The number of nitrogens with one attached hydrogen (secondary N) is 1. The van der Waals surface area contributed by atoms with E-state index in [-0.39, 0.29) is 6.10 Å². The molecule has 0 aliphatic rings. The number of rotatable bonds is 6. The number of aromatic nitrogens is 1. The lowest BCUT2D eigenvalue weighted by Crippen LogP contribution is -2.28. The van der Waals surface area contributed by atoms with Crippen molar-refractivity contribution in [3.63, 3.8) is 0 Å². The zero-order valence-corrected chi connectivity index (χ0v) is 11.0. The molecule has 96 valence electrons. The van der Waals surface area contributed by atoms with Gasteiger partial charge in [-0.3, -0.25) is 4.98 Å². The summed E-state index contributed by atoms with van der Waals surface area (Å²) < 4.78 is 5.54. The van der Waals surface area contributed by atoms with Crippen LogP contribution >= 0.6 is 0 Å². The van der Waals surface area contributed by atoms with Gasteiger partial charge in [0.2, 0.25) is 0 Å². The van der Waals surface area contributed by atoms with Crippen LogP contribution in [0.2, 0.25) is 0 Å². The standard InChI is InChI=1S/C13H22N2O2/c1-9(2)15-8-13(16)11-5-12(7-14-6-11)17-10(3)4/h5-7,9-10,13,15-16H,8H2,1-4H3. The van der Waals surface area contributed by atoms with Gasteiger partial charge in [-0.1, -0.05) is 13.8 Å². The van der Waals surface area contributed by atoms with Gasteiger partial charge in [0.1, 0.15) is 5.75 Å². The van der Waals surface area contributed by atoms with Crippen molar-refractivity contribution in [2.24, 2.45) is 0 Å². The van der Waals surface area contributed by atoms with E-state index in [2.05, 4.69) is 10.3 Å². The summed E-state index contributed by atoms with van der Waals surface area (Å²) in [5.74, 6) is 0.695. The van der Waals surface area contributed by atoms with Gasteiger partial charge in [-0.25, -0.2) is 0 Å². The van der Waals surface area contributed by atoms with Crippen LogP contribution in [0.5, 0.6) is 5.75 Å². The molecule has 1 atom stereocenters. The fourth-order valence-electron chi connectivity index (χ4n) is 1.42. The van der Waals surface area contributed by atoms with Crippen molar-refractivity contribution in [2.45, 2.75) is 45.9 Å². The van der Waals surface area contributed by atoms with Crippen molar-refractivity contribution < 1.29 is 9.84 Å². The Morgan fingerprint density at radius 1 is 1.29 bits per heavy atom. The number of hydrogen-bond acceptors (Lipinski definition) is 4. The molecule has 0 saturated heterocycles. The van der Waals surface area contributed by atoms with E-state index in [1.807, 2.05) is 33.8 Å². The molecule has 0 bridgehead atoms. The van der Waals surface area contributed by atoms with E-state index in [0.717, 1.165) is 5.56 Å². The van der Waals surface area contributed by atoms with Crippen molar-refractivity contribution in [1.82, 2.24) is 10.3 Å². The molecule has 2 N–H and O–H groups in total. The van der Waals surface area contributed by atoms with E-state index in [1.165, 1.54) is 0 Å². The fraction of sp³-hybridized carbons (Fsp3) is 0.615. The summed E-state index contributed by atoms with van der Waals surface area (Å²) in [6.45, 7) is 8.53. The largest absolute Gasteiger partial charge is 0.489 e. The van der Waals surface area contributed by atoms with Gasteiger partial charge in [-0.15, -0.1) is 0 Å². The predicted molar refractivity (Wildman–Crippen MR) is 68.1 cm³/mol. The van der Waals surface area contributed by atoms with Crippen molar-refractivity contribution in [2.75, 3.05) is 6.54 Å². The van der Waals surface area contributed by atoms with Crippen molar-refractivity contribution >= 4 is 0 Å². The number of pyridine rings is 1. The molecule has 1 aromatic rings. The van der Waals surface area contributed by atoms with Crippen molar-refractivity contribution in [1.29, 1.82) is 0 Å². The van der Waals surface area contributed by atoms with E-state index >= 15 is 0 Å². The first-order valence-electron chi connectivity index (χ1n) is 6.02. The van der Waals surface area contributed by atoms with Crippen LogP contribution < -0.4 is 10.1 Å². The van der Waals surface area contributed by atoms with Gasteiger partial charge in [0, 0.05) is 24.3 Å². The highest BCUT2D eigenvalue weighted by molar-refractivity contribution is 5.25. The monoisotopic (exact) mass is 238 g/mol. The highest BCUT2D eigenvalue weighted by atomic mass is 16.5. The van der Waals surface area contributed by atoms with E-state index in [4.69, 9.17) is 4.74 Å². The Hall–Kier alpha value is -1.13. The molecule has 1 unspecified atom stereocenters. The van der Waals surface area contributed by atoms with Gasteiger partial charge < -0.3 is 15.2 Å². The molecule has 1 aromatic heterocycles. The fourth-order valence-corrected chi connectivity index (χ4v) is 1.42. The molecule has 0 aromatic carbocycles. The van der Waals surface area contributed by atoms with Crippen LogP contribution in [0, 0.1) is 0 Å². The van der Waals surface area contributed by atoms with Crippen LogP contribution in [0.4, 0.5) is 0 Å². The Morgan fingerprint density at radius 2 is 2.00 bits per heavy atom. The molecule has 17 heavy (non-hydrogen) atoms. The lowest BCUT2D eigenvalue weighted by atomic mass is 10.1. The first-order valence-corrected chi connectivity index (χ1v) is 6.02. The summed E-state index contributed by atoms with van der Waals surface area (Å²) in [7, 11) is 0. The molecule has 0 aliphatic carbocycles. The zero-order chi connectivity index (χ0) is 12.8. The van der Waals surface area contributed by atoms with E-state index in [9.17, 15) is 5.11 Å². The maximum atomic E-state index is 9.97. The highest BCUT2D eigenvalue weighted by Gasteiger charge is 2.10. The molecule has 1 rings (SSSR count). The van der Waals surface area contributed by atoms with Crippen LogP contribution in [-0.4, -0.2) is 28.8 Å². The molecule has 0 aliphatic heterocycles. The summed E-state index contributed by atoms with van der Waals surface area (Å²) in [6, 6.07) is 2.19. The third kappa shape index (κ3) is 5.15. The Labute approximate surface area is 103 Å². The highest BCUT2D eigenvalue weighted by Crippen LogP contribution is 2.18. The van der Waals surface area contributed by atoms with Crippen LogP contribution in [0.3, 0.4) is 0 Å². The molecule has 0 radical (unpaired) electrons. The molecule has 0 spiro atoms. The Morgan fingerprint density at radius 3 is 2.59 bits per heavy atom. The van der Waals surface area contributed by atoms with Crippen molar-refractivity contribution in [3.8, 4) is 5.75 Å². The number of aliphatic hydroxyl groups excluding tert-OH is 1. The van der Waals surface area contributed by atoms with Crippen LogP contribution in [0.25, 0.3) is 0 Å². The molecule has 0 saturated carbocycles. The average molecular weight is 238 g/mol. The van der Waals surface area contributed by atoms with Crippen LogP contribution in [0.1, 0.15) is 39.4 Å². The molecule has 4 nitrogen and oxygen atoms in total. The van der Waals surface area contributed by atoms with E-state index in [0.29, 0.717) is 18.3 Å². The smallest absolute Gasteiger partial charge is 0.138 e. The van der Waals surface area contributed by atoms with Gasteiger partial charge >= 0.3 is 0 Å². The molecule has 4 heteroatoms. The maximum absolute atomic E-state index is 9.97. The second-order valence-electron chi connectivity index (χ2n) is 4.70. The first-order chi connectivity index (χ1) is 7.99. The topological polar surface area (TPSA) is 54.4 Å². The molecular weight excluding hydrogens is 216 g/mol. The second-order valence-corrected chi connectivity index (χ2v) is 4.70. The maximum Gasteiger partial charge on any atom is 0.138 e. The number of ether oxygens (including phenoxy) is 1. The lowest BCUT2D eigenvalue weighted by Gasteiger charge is -2.15. The minimum absolute atomic E-state index is 0.109. The van der Waals surface area contributed by atoms with Gasteiger partial charge in [0.15, 0.2) is 0 Å². The predicted octanol–water partition coefficient (Wildman–Crippen LogP) is 1.90. The normalized spacial score (nSPS) is 13.1. The van der Waals surface area contributed by atoms with Crippen molar-refractivity contribution in [3.05, 3.63) is 24.0 Å². The number of hydrogen-bond donors (Lipinski definition) is 2. The third-order valence-electron chi connectivity index (χ3n) is 2.21. The lowest BCUT2D eigenvalue weighted by molar-refractivity contribution is 0.170. The Kier molecular flexibility index (Phi) is 5.38. The van der Waals surface area contributed by atoms with Crippen LogP contribution in [0.15, 0.2) is 18.5 Å². The minimum atomic E-state index is -0.555. The number of nitrogens with zero attached hydrogens (tertiary/aromatic N) is 1. The summed E-state index contributed by atoms with van der Waals surface area (Å²) in [4.78, 5) is 4.07. The van der Waals surface area contributed by atoms with Gasteiger partial charge in [0.05, 0.1) is 18.4 Å². The minimum Gasteiger partial charge on any atom is -0.489 e. The molecule has 0 amide bonds. The molecule has 0 fully saturated rings. The molecule has 1 heterocycles. The third-order valence-corrected chi connectivity index (χ3v) is 2.21. The molecular formula is C13H22N2O2. The quantitative estimate of drug-likeness (QED) is 0.794. The number of aliphatic hydroxyl groups is 1. The summed E-state index contributed by atoms with van der Waals surface area (Å²) in [5, 5.41) is 13.2. The van der Waals surface area contributed by atoms with Gasteiger partial charge in [-0.2, -0.15) is 0 Å². The first kappa shape index (κ1) is 13.9. The van der Waals surface area contributed by atoms with Gasteiger partial charge in [-0.05, 0) is 19.9 Å². The summed E-state index contributed by atoms with van der Waals surface area (Å²) in [5.41, 5.74) is 0.774. The van der Waals surface area contributed by atoms with E-state index < -0.39 is 6.10 Å². The summed E-state index contributed by atoms with van der Waals surface area (Å²) >= 11 is 0. The Bertz CT molecular complexity index is 340. The van der Waals surface area contributed by atoms with E-state index in [1.54, 1.807) is 12.4 Å². The Balaban J connectivity index is 2.63. The average Bonchev–Trinajstić information content (AvgIpc) is 2.25. The summed E-state index contributed by atoms with van der Waals surface area (Å²) in [6.07, 6.45) is 2.88. The van der Waals surface area contributed by atoms with Crippen LogP contribution in [-0.2, 0) is 0 Å². The van der Waals surface area contributed by atoms with Gasteiger partial charge in [0.25, 0.3) is 0 Å². The second kappa shape index (κ2) is 6.57. The SMILES string of the molecule is CC(C)NCC(O)c1cncc(OC(C)C)c1.